The highest BCUT2D eigenvalue weighted by Gasteiger charge is 2.10. The molecule has 0 heterocycles. The topological polar surface area (TPSA) is 40.5 Å². The summed E-state index contributed by atoms with van der Waals surface area (Å²) in [6.07, 6.45) is 0.819. The average Bonchev–Trinajstić information content (AvgIpc) is 2.39. The lowest BCUT2D eigenvalue weighted by Crippen LogP contribution is -1.98. The van der Waals surface area contributed by atoms with Gasteiger partial charge in [-0.1, -0.05) is 12.1 Å². The zero-order valence-electron chi connectivity index (χ0n) is 11.9. The summed E-state index contributed by atoms with van der Waals surface area (Å²) in [6.45, 7) is 7.94. The first-order valence-electron chi connectivity index (χ1n) is 6.48. The van der Waals surface area contributed by atoms with Gasteiger partial charge in [0.25, 0.3) is 0 Å². The smallest absolute Gasteiger partial charge is 0.118 e. The van der Waals surface area contributed by atoms with Crippen molar-refractivity contribution in [3.8, 4) is 11.5 Å². The van der Waals surface area contributed by atoms with Gasteiger partial charge in [0.1, 0.15) is 11.5 Å². The van der Waals surface area contributed by atoms with Gasteiger partial charge in [-0.05, 0) is 79.6 Å². The van der Waals surface area contributed by atoms with Crippen LogP contribution in [0.4, 0.5) is 0 Å². The lowest BCUT2D eigenvalue weighted by Gasteiger charge is -2.14. The molecule has 0 bridgehead atoms. The first kappa shape index (κ1) is 13.5. The molecule has 0 aromatic heterocycles. The highest BCUT2D eigenvalue weighted by Crippen LogP contribution is 2.28. The van der Waals surface area contributed by atoms with Gasteiger partial charge in [-0.3, -0.25) is 0 Å². The molecule has 0 aliphatic rings. The van der Waals surface area contributed by atoms with Crippen molar-refractivity contribution in [1.82, 2.24) is 0 Å². The second kappa shape index (κ2) is 4.96. The maximum absolute atomic E-state index is 9.69. The van der Waals surface area contributed by atoms with Crippen molar-refractivity contribution < 1.29 is 10.2 Å². The zero-order chi connectivity index (χ0) is 14.2. The molecular formula is C17H20O2. The molecule has 0 fully saturated rings. The van der Waals surface area contributed by atoms with Crippen LogP contribution in [0.2, 0.25) is 0 Å². The van der Waals surface area contributed by atoms with Gasteiger partial charge in [0.05, 0.1) is 0 Å². The van der Waals surface area contributed by atoms with Crippen molar-refractivity contribution in [2.75, 3.05) is 0 Å². The third-order valence-corrected chi connectivity index (χ3v) is 4.12. The van der Waals surface area contributed by atoms with Crippen molar-refractivity contribution in [3.05, 3.63) is 57.6 Å². The first-order chi connectivity index (χ1) is 8.91. The Balaban J connectivity index is 2.43. The van der Waals surface area contributed by atoms with E-state index in [4.69, 9.17) is 0 Å². The van der Waals surface area contributed by atoms with Gasteiger partial charge in [-0.15, -0.1) is 0 Å². The average molecular weight is 256 g/mol. The third kappa shape index (κ3) is 2.43. The van der Waals surface area contributed by atoms with E-state index in [1.165, 1.54) is 11.1 Å². The number of aromatic hydroxyl groups is 2. The van der Waals surface area contributed by atoms with Gasteiger partial charge >= 0.3 is 0 Å². The van der Waals surface area contributed by atoms with E-state index in [9.17, 15) is 10.2 Å². The van der Waals surface area contributed by atoms with E-state index in [1.54, 1.807) is 12.1 Å². The molecule has 0 spiro atoms. The summed E-state index contributed by atoms with van der Waals surface area (Å²) in [6, 6.07) is 7.44. The molecule has 0 atom stereocenters. The van der Waals surface area contributed by atoms with Crippen molar-refractivity contribution in [2.24, 2.45) is 0 Å². The summed E-state index contributed by atoms with van der Waals surface area (Å²) in [4.78, 5) is 0. The molecule has 2 aromatic rings. The molecular weight excluding hydrogens is 236 g/mol. The Morgan fingerprint density at radius 3 is 1.37 bits per heavy atom. The van der Waals surface area contributed by atoms with E-state index >= 15 is 0 Å². The Hall–Kier alpha value is -1.96. The summed E-state index contributed by atoms with van der Waals surface area (Å²) in [5.74, 6) is 0.694. The molecule has 0 saturated heterocycles. The third-order valence-electron chi connectivity index (χ3n) is 4.12. The molecule has 2 nitrogen and oxygen atoms in total. The van der Waals surface area contributed by atoms with Crippen LogP contribution in [0.5, 0.6) is 11.5 Å². The summed E-state index contributed by atoms with van der Waals surface area (Å²) >= 11 is 0. The van der Waals surface area contributed by atoms with Crippen LogP contribution in [0.25, 0.3) is 0 Å². The SMILES string of the molecule is Cc1c(O)ccc(Cc2ccc(O)c(C)c2C)c1C. The number of phenolic OH excluding ortho intramolecular Hbond substituents is 2. The summed E-state index contributed by atoms with van der Waals surface area (Å²) < 4.78 is 0. The predicted molar refractivity (Wildman–Crippen MR) is 78.0 cm³/mol. The maximum Gasteiger partial charge on any atom is 0.118 e. The molecule has 19 heavy (non-hydrogen) atoms. The first-order valence-corrected chi connectivity index (χ1v) is 6.48. The van der Waals surface area contributed by atoms with E-state index in [0.29, 0.717) is 11.5 Å². The Morgan fingerprint density at radius 2 is 1.00 bits per heavy atom. The zero-order valence-corrected chi connectivity index (χ0v) is 11.9. The minimum absolute atomic E-state index is 0.347. The van der Waals surface area contributed by atoms with Crippen LogP contribution in [0.15, 0.2) is 24.3 Å². The van der Waals surface area contributed by atoms with E-state index in [1.807, 2.05) is 39.8 Å². The van der Waals surface area contributed by atoms with E-state index < -0.39 is 0 Å². The molecule has 100 valence electrons. The number of hydrogen-bond donors (Lipinski definition) is 2. The Labute approximate surface area is 114 Å². The number of rotatable bonds is 2. The van der Waals surface area contributed by atoms with Crippen LogP contribution >= 0.6 is 0 Å². The van der Waals surface area contributed by atoms with Gasteiger partial charge in [-0.25, -0.2) is 0 Å². The predicted octanol–water partition coefficient (Wildman–Crippen LogP) is 3.92. The molecule has 2 heteroatoms. The minimum Gasteiger partial charge on any atom is -0.508 e. The molecule has 0 aliphatic heterocycles. The lowest BCUT2D eigenvalue weighted by atomic mass is 9.93. The summed E-state index contributed by atoms with van der Waals surface area (Å²) in [5.41, 5.74) is 6.55. The van der Waals surface area contributed by atoms with Gasteiger partial charge in [0.15, 0.2) is 0 Å². The van der Waals surface area contributed by atoms with E-state index in [2.05, 4.69) is 0 Å². The minimum atomic E-state index is 0.347. The molecule has 2 N–H and O–H groups in total. The Bertz CT molecular complexity index is 572. The fraction of sp³-hybridized carbons (Fsp3) is 0.294. The van der Waals surface area contributed by atoms with E-state index in [0.717, 1.165) is 28.7 Å². The fourth-order valence-corrected chi connectivity index (χ4v) is 2.31. The second-order valence-corrected chi connectivity index (χ2v) is 5.16. The molecule has 0 amide bonds. The molecule has 0 unspecified atom stereocenters. The number of phenols is 2. The van der Waals surface area contributed by atoms with Crippen molar-refractivity contribution in [3.63, 3.8) is 0 Å². The van der Waals surface area contributed by atoms with Crippen LogP contribution in [-0.2, 0) is 6.42 Å². The lowest BCUT2D eigenvalue weighted by molar-refractivity contribution is 0.470. The second-order valence-electron chi connectivity index (χ2n) is 5.16. The van der Waals surface area contributed by atoms with Crippen LogP contribution in [0.1, 0.15) is 33.4 Å². The van der Waals surface area contributed by atoms with Crippen molar-refractivity contribution in [2.45, 2.75) is 34.1 Å². The van der Waals surface area contributed by atoms with Crippen LogP contribution in [0, 0.1) is 27.7 Å². The molecule has 0 radical (unpaired) electrons. The standard InChI is InChI=1S/C17H20O2/c1-10-12(3)16(18)7-5-14(10)9-15-6-8-17(19)13(4)11(15)2/h5-8,18-19H,9H2,1-4H3. The Morgan fingerprint density at radius 1 is 0.632 bits per heavy atom. The molecule has 2 rings (SSSR count). The number of hydrogen-bond acceptors (Lipinski definition) is 2. The van der Waals surface area contributed by atoms with Gasteiger partial charge in [0.2, 0.25) is 0 Å². The van der Waals surface area contributed by atoms with Crippen molar-refractivity contribution in [1.29, 1.82) is 0 Å². The number of benzene rings is 2. The largest absolute Gasteiger partial charge is 0.508 e. The van der Waals surface area contributed by atoms with Gasteiger partial charge < -0.3 is 10.2 Å². The highest BCUT2D eigenvalue weighted by molar-refractivity contribution is 5.48. The van der Waals surface area contributed by atoms with Crippen LogP contribution < -0.4 is 0 Å². The Kier molecular flexibility index (Phi) is 3.52. The van der Waals surface area contributed by atoms with Gasteiger partial charge in [0, 0.05) is 0 Å². The van der Waals surface area contributed by atoms with Crippen LogP contribution in [-0.4, -0.2) is 10.2 Å². The van der Waals surface area contributed by atoms with Gasteiger partial charge in [-0.2, -0.15) is 0 Å². The summed E-state index contributed by atoms with van der Waals surface area (Å²) in [5, 5.41) is 19.4. The summed E-state index contributed by atoms with van der Waals surface area (Å²) in [7, 11) is 0. The molecule has 0 aliphatic carbocycles. The molecule has 2 aromatic carbocycles. The molecule has 0 saturated carbocycles. The highest BCUT2D eigenvalue weighted by atomic mass is 16.3. The van der Waals surface area contributed by atoms with Crippen LogP contribution in [0.3, 0.4) is 0 Å². The maximum atomic E-state index is 9.69. The van der Waals surface area contributed by atoms with Crippen molar-refractivity contribution >= 4 is 0 Å². The van der Waals surface area contributed by atoms with E-state index in [-0.39, 0.29) is 0 Å². The normalized spacial score (nSPS) is 10.7. The quantitative estimate of drug-likeness (QED) is 0.855. The monoisotopic (exact) mass is 256 g/mol. The fourth-order valence-electron chi connectivity index (χ4n) is 2.31.